The number of aromatic nitrogens is 2. The Hall–Kier alpha value is -1.78. The number of aryl methyl sites for hydroxylation is 1. The van der Waals surface area contributed by atoms with E-state index in [0.717, 1.165) is 6.07 Å². The van der Waals surface area contributed by atoms with Gasteiger partial charge in [-0.05, 0) is 18.6 Å². The molecule has 0 spiro atoms. The fourth-order valence-corrected chi connectivity index (χ4v) is 1.41. The molecule has 2 aromatic rings. The summed E-state index contributed by atoms with van der Waals surface area (Å²) < 4.78 is 39.2. The van der Waals surface area contributed by atoms with E-state index >= 15 is 0 Å². The van der Waals surface area contributed by atoms with E-state index in [4.69, 9.17) is 0 Å². The average molecular weight is 212 g/mol. The topological polar surface area (TPSA) is 28.7 Å². The number of imidazole rings is 1. The Labute approximate surface area is 83.8 Å². The van der Waals surface area contributed by atoms with E-state index in [1.807, 2.05) is 0 Å². The molecule has 0 aliphatic heterocycles. The van der Waals surface area contributed by atoms with E-state index in [9.17, 15) is 13.2 Å². The molecule has 0 bridgehead atoms. The molecule has 0 saturated heterocycles. The van der Waals surface area contributed by atoms with Gasteiger partial charge in [-0.15, -0.1) is 0 Å². The number of nitrogens with one attached hydrogen (secondary N) is 1. The van der Waals surface area contributed by atoms with Gasteiger partial charge in [-0.25, -0.2) is 18.2 Å². The first kappa shape index (κ1) is 9.76. The van der Waals surface area contributed by atoms with Crippen LogP contribution in [-0.4, -0.2) is 9.97 Å². The van der Waals surface area contributed by atoms with Crippen molar-refractivity contribution in [2.45, 2.75) is 6.92 Å². The van der Waals surface area contributed by atoms with Gasteiger partial charge in [0.2, 0.25) is 0 Å². The fourth-order valence-electron chi connectivity index (χ4n) is 1.41. The van der Waals surface area contributed by atoms with Gasteiger partial charge < -0.3 is 4.98 Å². The summed E-state index contributed by atoms with van der Waals surface area (Å²) in [6, 6.07) is 0.941. The monoisotopic (exact) mass is 212 g/mol. The molecule has 1 N–H and O–H groups in total. The van der Waals surface area contributed by atoms with Gasteiger partial charge in [-0.1, -0.05) is 0 Å². The summed E-state index contributed by atoms with van der Waals surface area (Å²) in [5, 5.41) is 0. The van der Waals surface area contributed by atoms with E-state index in [-0.39, 0.29) is 11.4 Å². The van der Waals surface area contributed by atoms with Gasteiger partial charge in [-0.2, -0.15) is 0 Å². The lowest BCUT2D eigenvalue weighted by Gasteiger charge is -2.05. The number of aromatic amines is 1. The highest BCUT2D eigenvalue weighted by atomic mass is 19.2. The summed E-state index contributed by atoms with van der Waals surface area (Å²) in [4.78, 5) is 6.44. The highest BCUT2D eigenvalue weighted by Crippen LogP contribution is 2.26. The van der Waals surface area contributed by atoms with Crippen LogP contribution in [0.1, 0.15) is 5.56 Å². The van der Waals surface area contributed by atoms with Gasteiger partial charge in [-0.3, -0.25) is 0 Å². The molecule has 5 heteroatoms. The maximum Gasteiger partial charge on any atom is 0.195 e. The second-order valence-corrected chi connectivity index (χ2v) is 3.12. The number of nitrogens with zero attached hydrogens (tertiary/aromatic N) is 1. The number of hydrogen-bond acceptors (Lipinski definition) is 1. The van der Waals surface area contributed by atoms with Crippen LogP contribution in [0.2, 0.25) is 0 Å². The SMILES string of the molecule is Cc1cc(F)c(F)c(F)c1-c1ncc[nH]1. The van der Waals surface area contributed by atoms with Gasteiger partial charge in [0.25, 0.3) is 0 Å². The summed E-state index contributed by atoms with van der Waals surface area (Å²) in [5.41, 5.74) is 0.250. The van der Waals surface area contributed by atoms with Crippen LogP contribution in [0.3, 0.4) is 0 Å². The van der Waals surface area contributed by atoms with E-state index in [1.165, 1.54) is 19.3 Å². The van der Waals surface area contributed by atoms with Crippen molar-refractivity contribution < 1.29 is 13.2 Å². The predicted molar refractivity (Wildman–Crippen MR) is 48.6 cm³/mol. The number of benzene rings is 1. The third-order valence-corrected chi connectivity index (χ3v) is 2.09. The largest absolute Gasteiger partial charge is 0.345 e. The minimum Gasteiger partial charge on any atom is -0.345 e. The van der Waals surface area contributed by atoms with Gasteiger partial charge >= 0.3 is 0 Å². The quantitative estimate of drug-likeness (QED) is 0.723. The van der Waals surface area contributed by atoms with Crippen LogP contribution in [-0.2, 0) is 0 Å². The van der Waals surface area contributed by atoms with Crippen LogP contribution in [0.15, 0.2) is 18.5 Å². The molecule has 0 atom stereocenters. The van der Waals surface area contributed by atoms with Gasteiger partial charge in [0.05, 0.1) is 5.56 Å². The first-order valence-corrected chi connectivity index (χ1v) is 4.25. The number of H-pyrrole nitrogens is 1. The molecule has 0 radical (unpaired) electrons. The van der Waals surface area contributed by atoms with Crippen LogP contribution in [0, 0.1) is 24.4 Å². The third-order valence-electron chi connectivity index (χ3n) is 2.09. The van der Waals surface area contributed by atoms with Crippen LogP contribution in [0.25, 0.3) is 11.4 Å². The Morgan fingerprint density at radius 3 is 2.53 bits per heavy atom. The number of hydrogen-bond donors (Lipinski definition) is 1. The van der Waals surface area contributed by atoms with Crippen molar-refractivity contribution in [3.05, 3.63) is 41.5 Å². The van der Waals surface area contributed by atoms with E-state index < -0.39 is 17.5 Å². The Morgan fingerprint density at radius 2 is 1.93 bits per heavy atom. The van der Waals surface area contributed by atoms with E-state index in [2.05, 4.69) is 9.97 Å². The molecule has 1 aromatic heterocycles. The molecule has 15 heavy (non-hydrogen) atoms. The summed E-state index contributed by atoms with van der Waals surface area (Å²) in [7, 11) is 0. The summed E-state index contributed by atoms with van der Waals surface area (Å²) in [5.74, 6) is -3.71. The number of rotatable bonds is 1. The zero-order valence-corrected chi connectivity index (χ0v) is 7.81. The molecule has 2 rings (SSSR count). The van der Waals surface area contributed by atoms with Crippen molar-refractivity contribution in [2.75, 3.05) is 0 Å². The van der Waals surface area contributed by atoms with Gasteiger partial charge in [0, 0.05) is 12.4 Å². The number of halogens is 3. The van der Waals surface area contributed by atoms with Crippen LogP contribution in [0.4, 0.5) is 13.2 Å². The third kappa shape index (κ3) is 1.49. The molecular weight excluding hydrogens is 205 g/mol. The molecule has 78 valence electrons. The molecule has 0 aliphatic rings. The van der Waals surface area contributed by atoms with E-state index in [0.29, 0.717) is 5.56 Å². The Morgan fingerprint density at radius 1 is 1.20 bits per heavy atom. The summed E-state index contributed by atoms with van der Waals surface area (Å²) >= 11 is 0. The summed E-state index contributed by atoms with van der Waals surface area (Å²) in [6.45, 7) is 1.49. The molecule has 0 fully saturated rings. The highest BCUT2D eigenvalue weighted by Gasteiger charge is 2.18. The van der Waals surface area contributed by atoms with E-state index in [1.54, 1.807) is 0 Å². The van der Waals surface area contributed by atoms with Gasteiger partial charge in [0.1, 0.15) is 5.82 Å². The molecular formula is C10H7F3N2. The lowest BCUT2D eigenvalue weighted by molar-refractivity contribution is 0.447. The van der Waals surface area contributed by atoms with Crippen LogP contribution >= 0.6 is 0 Å². The van der Waals surface area contributed by atoms with Crippen molar-refractivity contribution in [2.24, 2.45) is 0 Å². The minimum atomic E-state index is -1.48. The second kappa shape index (κ2) is 3.42. The van der Waals surface area contributed by atoms with Gasteiger partial charge in [0.15, 0.2) is 17.5 Å². The lowest BCUT2D eigenvalue weighted by atomic mass is 10.1. The van der Waals surface area contributed by atoms with Crippen LogP contribution in [0.5, 0.6) is 0 Å². The average Bonchev–Trinajstić information content (AvgIpc) is 2.68. The summed E-state index contributed by atoms with van der Waals surface area (Å²) in [6.07, 6.45) is 2.89. The molecule has 0 amide bonds. The fraction of sp³-hybridized carbons (Fsp3) is 0.100. The van der Waals surface area contributed by atoms with Crippen LogP contribution < -0.4 is 0 Å². The Kier molecular flexibility index (Phi) is 2.22. The molecule has 0 saturated carbocycles. The Bertz CT molecular complexity index is 492. The van der Waals surface area contributed by atoms with Crippen molar-refractivity contribution >= 4 is 0 Å². The molecule has 1 aromatic carbocycles. The zero-order valence-electron chi connectivity index (χ0n) is 7.81. The second-order valence-electron chi connectivity index (χ2n) is 3.12. The van der Waals surface area contributed by atoms with Crippen molar-refractivity contribution in [1.29, 1.82) is 0 Å². The smallest absolute Gasteiger partial charge is 0.195 e. The lowest BCUT2D eigenvalue weighted by Crippen LogP contribution is -1.98. The Balaban J connectivity index is 2.72. The molecule has 0 aliphatic carbocycles. The predicted octanol–water partition coefficient (Wildman–Crippen LogP) is 2.80. The normalized spacial score (nSPS) is 10.7. The zero-order chi connectivity index (χ0) is 11.0. The molecule has 0 unspecified atom stereocenters. The maximum atomic E-state index is 13.4. The highest BCUT2D eigenvalue weighted by molar-refractivity contribution is 5.60. The maximum absolute atomic E-state index is 13.4. The standard InChI is InChI=1S/C10H7F3N2/c1-5-4-6(11)8(12)9(13)7(5)10-14-2-3-15-10/h2-4H,1H3,(H,14,15). The molecule has 2 nitrogen and oxygen atoms in total. The first-order chi connectivity index (χ1) is 7.11. The first-order valence-electron chi connectivity index (χ1n) is 4.25. The van der Waals surface area contributed by atoms with Crippen molar-refractivity contribution in [3.8, 4) is 11.4 Å². The minimum absolute atomic E-state index is 0.0427. The van der Waals surface area contributed by atoms with Crippen molar-refractivity contribution in [3.63, 3.8) is 0 Å². The van der Waals surface area contributed by atoms with Crippen molar-refractivity contribution in [1.82, 2.24) is 9.97 Å². The molecule has 1 heterocycles.